The number of hydrogen-bond donors (Lipinski definition) is 1. The van der Waals surface area contributed by atoms with Gasteiger partial charge in [-0.3, -0.25) is 14.5 Å². The van der Waals surface area contributed by atoms with Crippen LogP contribution in [0.15, 0.2) is 48.5 Å². The molecular weight excluding hydrogens is 439 g/mol. The molecule has 10 heteroatoms. The van der Waals surface area contributed by atoms with Crippen molar-refractivity contribution in [1.82, 2.24) is 25.5 Å². The van der Waals surface area contributed by atoms with Crippen LogP contribution >= 0.6 is 0 Å². The van der Waals surface area contributed by atoms with E-state index >= 15 is 0 Å². The quantitative estimate of drug-likeness (QED) is 0.545. The lowest BCUT2D eigenvalue weighted by molar-refractivity contribution is -0.128. The van der Waals surface area contributed by atoms with Crippen LogP contribution < -0.4 is 15.0 Å². The minimum absolute atomic E-state index is 0.245. The highest BCUT2D eigenvalue weighted by Crippen LogP contribution is 2.25. The van der Waals surface area contributed by atoms with Gasteiger partial charge in [0.05, 0.1) is 7.11 Å². The Morgan fingerprint density at radius 2 is 1.88 bits per heavy atom. The number of rotatable bonds is 8. The number of anilines is 1. The van der Waals surface area contributed by atoms with Crippen molar-refractivity contribution in [1.29, 1.82) is 0 Å². The smallest absolute Gasteiger partial charge is 0.251 e. The van der Waals surface area contributed by atoms with E-state index in [1.54, 1.807) is 24.3 Å². The fourth-order valence-electron chi connectivity index (χ4n) is 3.42. The number of carbonyl (C=O) groups excluding carboxylic acids is 2. The number of halogens is 1. The molecule has 0 fully saturated rings. The highest BCUT2D eigenvalue weighted by atomic mass is 19.1. The van der Waals surface area contributed by atoms with E-state index in [1.807, 2.05) is 27.7 Å². The number of methoxy groups -OCH3 is 1. The third kappa shape index (κ3) is 6.15. The molecule has 1 aromatic heterocycles. The second kappa shape index (κ2) is 10.4. The van der Waals surface area contributed by atoms with Gasteiger partial charge in [0.2, 0.25) is 11.7 Å². The first-order valence-electron chi connectivity index (χ1n) is 10.9. The first-order valence-corrected chi connectivity index (χ1v) is 10.9. The number of hydrogen-bond acceptors (Lipinski definition) is 6. The summed E-state index contributed by atoms with van der Waals surface area (Å²) in [6.07, 6.45) is 0.385. The second-order valence-corrected chi connectivity index (χ2v) is 8.78. The summed E-state index contributed by atoms with van der Waals surface area (Å²) in [4.78, 5) is 29.2. The summed E-state index contributed by atoms with van der Waals surface area (Å²) in [7, 11) is 1.53. The normalized spacial score (nSPS) is 12.2. The molecule has 1 atom stereocenters. The molecule has 34 heavy (non-hydrogen) atoms. The van der Waals surface area contributed by atoms with E-state index in [4.69, 9.17) is 4.74 Å². The number of aromatic nitrogens is 4. The standard InChI is InChI=1S/C24H29FN6O3/c1-6-20(23(33)26-24(2,3)4)31(18-8-7-9-19(14-18)34-5)21(32)15-30-28-22(27-29-30)16-10-12-17(25)13-11-16/h7-14,20H,6,15H2,1-5H3,(H,26,33)/t20-/m0/s1. The van der Waals surface area contributed by atoms with Crippen molar-refractivity contribution in [3.8, 4) is 17.1 Å². The van der Waals surface area contributed by atoms with Crippen molar-refractivity contribution >= 4 is 17.5 Å². The summed E-state index contributed by atoms with van der Waals surface area (Å²) in [5.41, 5.74) is 0.616. The average molecular weight is 469 g/mol. The molecule has 1 heterocycles. The second-order valence-electron chi connectivity index (χ2n) is 8.78. The maximum atomic E-state index is 13.5. The fraction of sp³-hybridized carbons (Fsp3) is 0.375. The van der Waals surface area contributed by atoms with Crippen molar-refractivity contribution in [2.75, 3.05) is 12.0 Å². The number of tetrazole rings is 1. The summed E-state index contributed by atoms with van der Waals surface area (Å²) >= 11 is 0. The molecular formula is C24H29FN6O3. The highest BCUT2D eigenvalue weighted by molar-refractivity contribution is 6.00. The van der Waals surface area contributed by atoms with Gasteiger partial charge in [-0.1, -0.05) is 13.0 Å². The van der Waals surface area contributed by atoms with E-state index in [9.17, 15) is 14.0 Å². The van der Waals surface area contributed by atoms with Crippen LogP contribution in [0, 0.1) is 5.82 Å². The Balaban J connectivity index is 1.91. The molecule has 9 nitrogen and oxygen atoms in total. The minimum atomic E-state index is -0.765. The van der Waals surface area contributed by atoms with Crippen LogP contribution in [0.5, 0.6) is 5.75 Å². The molecule has 2 amide bonds. The summed E-state index contributed by atoms with van der Waals surface area (Å²) in [5.74, 6) is -0.228. The number of benzene rings is 2. The zero-order valence-electron chi connectivity index (χ0n) is 19.9. The van der Waals surface area contributed by atoms with Gasteiger partial charge in [0.25, 0.3) is 5.91 Å². The Kier molecular flexibility index (Phi) is 7.60. The van der Waals surface area contributed by atoms with E-state index < -0.39 is 17.5 Å². The average Bonchev–Trinajstić information content (AvgIpc) is 3.24. The summed E-state index contributed by atoms with van der Waals surface area (Å²) in [5, 5.41) is 15.1. The van der Waals surface area contributed by atoms with Crippen LogP contribution in [-0.4, -0.2) is 50.7 Å². The van der Waals surface area contributed by atoms with Gasteiger partial charge in [0.15, 0.2) is 0 Å². The van der Waals surface area contributed by atoms with E-state index in [-0.39, 0.29) is 24.1 Å². The molecule has 0 spiro atoms. The first kappa shape index (κ1) is 24.8. The van der Waals surface area contributed by atoms with Gasteiger partial charge in [-0.15, -0.1) is 10.2 Å². The summed E-state index contributed by atoms with van der Waals surface area (Å²) in [6.45, 7) is 7.24. The number of nitrogens with one attached hydrogen (secondary N) is 1. The maximum absolute atomic E-state index is 13.5. The monoisotopic (exact) mass is 468 g/mol. The van der Waals surface area contributed by atoms with Crippen molar-refractivity contribution in [2.24, 2.45) is 0 Å². The Bertz CT molecular complexity index is 1140. The van der Waals surface area contributed by atoms with Crippen LogP contribution in [0.1, 0.15) is 34.1 Å². The van der Waals surface area contributed by atoms with Gasteiger partial charge in [0, 0.05) is 22.9 Å². The first-order chi connectivity index (χ1) is 16.1. The fourth-order valence-corrected chi connectivity index (χ4v) is 3.42. The third-order valence-electron chi connectivity index (χ3n) is 4.93. The maximum Gasteiger partial charge on any atom is 0.251 e. The lowest BCUT2D eigenvalue weighted by atomic mass is 10.1. The highest BCUT2D eigenvalue weighted by Gasteiger charge is 2.32. The number of amides is 2. The molecule has 0 aliphatic rings. The third-order valence-corrected chi connectivity index (χ3v) is 4.93. The number of carbonyl (C=O) groups is 2. The lowest BCUT2D eigenvalue weighted by Crippen LogP contribution is -2.54. The molecule has 180 valence electrons. The van der Waals surface area contributed by atoms with Crippen molar-refractivity contribution in [3.63, 3.8) is 0 Å². The minimum Gasteiger partial charge on any atom is -0.497 e. The zero-order chi connectivity index (χ0) is 24.9. The zero-order valence-corrected chi connectivity index (χ0v) is 19.9. The SMILES string of the molecule is CC[C@@H](C(=O)NC(C)(C)C)N(C(=O)Cn1nnc(-c2ccc(F)cc2)n1)c1cccc(OC)c1. The van der Waals surface area contributed by atoms with Crippen molar-refractivity contribution in [2.45, 2.75) is 52.2 Å². The van der Waals surface area contributed by atoms with Crippen LogP contribution in [0.3, 0.4) is 0 Å². The Hall–Kier alpha value is -3.82. The molecule has 3 aromatic rings. The van der Waals surface area contributed by atoms with Gasteiger partial charge in [-0.05, 0) is 68.8 Å². The summed E-state index contributed by atoms with van der Waals surface area (Å²) in [6, 6.07) is 11.8. The number of ether oxygens (including phenoxy) is 1. The van der Waals surface area contributed by atoms with Crippen LogP contribution in [0.4, 0.5) is 10.1 Å². The van der Waals surface area contributed by atoms with Crippen LogP contribution in [0.25, 0.3) is 11.4 Å². The molecule has 1 N–H and O–H groups in total. The molecule has 0 aliphatic carbocycles. The molecule has 3 rings (SSSR count). The summed E-state index contributed by atoms with van der Waals surface area (Å²) < 4.78 is 18.5. The Morgan fingerprint density at radius 1 is 1.18 bits per heavy atom. The molecule has 0 unspecified atom stereocenters. The van der Waals surface area contributed by atoms with Gasteiger partial charge >= 0.3 is 0 Å². The van der Waals surface area contributed by atoms with E-state index in [1.165, 1.54) is 36.3 Å². The largest absolute Gasteiger partial charge is 0.497 e. The Labute approximate surface area is 197 Å². The predicted octanol–water partition coefficient (Wildman–Crippen LogP) is 3.21. The van der Waals surface area contributed by atoms with Gasteiger partial charge in [-0.2, -0.15) is 4.80 Å². The molecule has 0 saturated heterocycles. The van der Waals surface area contributed by atoms with E-state index in [2.05, 4.69) is 20.7 Å². The molecule has 0 aliphatic heterocycles. The molecule has 2 aromatic carbocycles. The van der Waals surface area contributed by atoms with Crippen molar-refractivity contribution in [3.05, 3.63) is 54.3 Å². The van der Waals surface area contributed by atoms with Crippen molar-refractivity contribution < 1.29 is 18.7 Å². The van der Waals surface area contributed by atoms with E-state index in [0.29, 0.717) is 23.4 Å². The molecule has 0 radical (unpaired) electrons. The van der Waals surface area contributed by atoms with Crippen LogP contribution in [-0.2, 0) is 16.1 Å². The van der Waals surface area contributed by atoms with Gasteiger partial charge < -0.3 is 10.1 Å². The van der Waals surface area contributed by atoms with Gasteiger partial charge in [0.1, 0.15) is 24.2 Å². The van der Waals surface area contributed by atoms with Crippen LogP contribution in [0.2, 0.25) is 0 Å². The number of nitrogens with zero attached hydrogens (tertiary/aromatic N) is 5. The molecule has 0 saturated carbocycles. The topological polar surface area (TPSA) is 102 Å². The van der Waals surface area contributed by atoms with Gasteiger partial charge in [-0.25, -0.2) is 4.39 Å². The lowest BCUT2D eigenvalue weighted by Gasteiger charge is -2.33. The van der Waals surface area contributed by atoms with E-state index in [0.717, 1.165) is 4.80 Å². The predicted molar refractivity (Wildman–Crippen MR) is 126 cm³/mol. The Morgan fingerprint density at radius 3 is 2.50 bits per heavy atom. The molecule has 0 bridgehead atoms.